The maximum Gasteiger partial charge on any atom is 0.319 e. The fourth-order valence-electron chi connectivity index (χ4n) is 1.92. The van der Waals surface area contributed by atoms with Gasteiger partial charge in [0, 0.05) is 5.69 Å². The molecule has 5 nitrogen and oxygen atoms in total. The van der Waals surface area contributed by atoms with Crippen molar-refractivity contribution < 1.29 is 14.3 Å². The number of carbonyl (C=O) groups is 1. The maximum absolute atomic E-state index is 13.5. The minimum atomic E-state index is -0.778. The van der Waals surface area contributed by atoms with Crippen LogP contribution in [0.15, 0.2) is 42.5 Å². The summed E-state index contributed by atoms with van der Waals surface area (Å²) in [5.74, 6) is -0.628. The first-order valence-electron chi connectivity index (χ1n) is 6.67. The number of nitrogens with one attached hydrogen (secondary N) is 2. The van der Waals surface area contributed by atoms with E-state index in [-0.39, 0.29) is 5.02 Å². The molecule has 0 fully saturated rings. The van der Waals surface area contributed by atoms with Gasteiger partial charge in [0.1, 0.15) is 5.82 Å². The Bertz CT molecular complexity index is 744. The molecule has 3 N–H and O–H groups in total. The van der Waals surface area contributed by atoms with Crippen molar-refractivity contribution in [1.29, 1.82) is 5.26 Å². The third-order valence-corrected chi connectivity index (χ3v) is 3.41. The van der Waals surface area contributed by atoms with E-state index in [4.69, 9.17) is 16.9 Å². The number of amides is 2. The van der Waals surface area contributed by atoms with E-state index >= 15 is 0 Å². The van der Waals surface area contributed by atoms with Crippen molar-refractivity contribution >= 4 is 23.3 Å². The highest BCUT2D eigenvalue weighted by Gasteiger charge is 2.15. The summed E-state index contributed by atoms with van der Waals surface area (Å²) < 4.78 is 13.5. The molecule has 0 spiro atoms. The van der Waals surface area contributed by atoms with Crippen molar-refractivity contribution in [3.63, 3.8) is 0 Å². The van der Waals surface area contributed by atoms with E-state index in [0.717, 1.165) is 6.07 Å². The molecule has 2 amide bonds. The fraction of sp³-hybridized carbons (Fsp3) is 0.125. The Morgan fingerprint density at radius 3 is 2.57 bits per heavy atom. The molecule has 1 atom stereocenters. The van der Waals surface area contributed by atoms with Crippen molar-refractivity contribution in [3.8, 4) is 6.07 Å². The third kappa shape index (κ3) is 4.42. The lowest BCUT2D eigenvalue weighted by Gasteiger charge is -2.17. The number of urea groups is 1. The van der Waals surface area contributed by atoms with Crippen LogP contribution in [0.25, 0.3) is 0 Å². The van der Waals surface area contributed by atoms with E-state index in [0.29, 0.717) is 16.8 Å². The number of halogens is 2. The van der Waals surface area contributed by atoms with Gasteiger partial charge in [0.25, 0.3) is 0 Å². The second kappa shape index (κ2) is 7.58. The smallest absolute Gasteiger partial charge is 0.319 e. The van der Waals surface area contributed by atoms with Crippen LogP contribution < -0.4 is 10.6 Å². The zero-order chi connectivity index (χ0) is 16.8. The Balaban J connectivity index is 2.04. The Labute approximate surface area is 137 Å². The molecule has 1 unspecified atom stereocenters. The van der Waals surface area contributed by atoms with E-state index in [9.17, 15) is 14.3 Å². The summed E-state index contributed by atoms with van der Waals surface area (Å²) in [6.07, 6.45) is 0. The third-order valence-electron chi connectivity index (χ3n) is 3.11. The van der Waals surface area contributed by atoms with E-state index < -0.39 is 24.5 Å². The van der Waals surface area contributed by atoms with Gasteiger partial charge in [0.05, 0.1) is 29.3 Å². The van der Waals surface area contributed by atoms with Gasteiger partial charge < -0.3 is 15.7 Å². The van der Waals surface area contributed by atoms with Crippen molar-refractivity contribution in [1.82, 2.24) is 5.32 Å². The second-order valence-electron chi connectivity index (χ2n) is 4.70. The summed E-state index contributed by atoms with van der Waals surface area (Å²) in [6, 6.07) is 10.9. The molecule has 7 heteroatoms. The molecule has 2 aromatic carbocycles. The quantitative estimate of drug-likeness (QED) is 0.803. The van der Waals surface area contributed by atoms with Gasteiger partial charge in [-0.25, -0.2) is 9.18 Å². The number of nitrogens with zero attached hydrogens (tertiary/aromatic N) is 1. The minimum absolute atomic E-state index is 0.0347. The van der Waals surface area contributed by atoms with Crippen LogP contribution in [0, 0.1) is 17.1 Å². The lowest BCUT2D eigenvalue weighted by Crippen LogP contribution is -2.34. The number of hydrogen-bond acceptors (Lipinski definition) is 3. The largest absolute Gasteiger partial charge is 0.394 e. The molecule has 0 aliphatic rings. The lowest BCUT2D eigenvalue weighted by molar-refractivity contribution is 0.225. The van der Waals surface area contributed by atoms with Gasteiger partial charge in [0.15, 0.2) is 0 Å². The van der Waals surface area contributed by atoms with Crippen LogP contribution in [-0.2, 0) is 0 Å². The Morgan fingerprint density at radius 2 is 2.00 bits per heavy atom. The molecule has 2 rings (SSSR count). The number of hydrogen-bond donors (Lipinski definition) is 3. The molecule has 0 bridgehead atoms. The topological polar surface area (TPSA) is 85.2 Å². The van der Waals surface area contributed by atoms with Crippen molar-refractivity contribution in [2.45, 2.75) is 6.04 Å². The van der Waals surface area contributed by atoms with Gasteiger partial charge in [0.2, 0.25) is 0 Å². The molecular formula is C16H13ClFN3O2. The van der Waals surface area contributed by atoms with Gasteiger partial charge in [-0.15, -0.1) is 0 Å². The summed E-state index contributed by atoms with van der Waals surface area (Å²) in [7, 11) is 0. The van der Waals surface area contributed by atoms with Gasteiger partial charge in [-0.3, -0.25) is 0 Å². The number of benzene rings is 2. The van der Waals surface area contributed by atoms with Gasteiger partial charge in [-0.05, 0) is 42.0 Å². The molecule has 118 valence electrons. The van der Waals surface area contributed by atoms with Crippen LogP contribution in [0.2, 0.25) is 5.02 Å². The molecule has 0 saturated heterocycles. The molecule has 0 aliphatic carbocycles. The van der Waals surface area contributed by atoms with Crippen LogP contribution in [-0.4, -0.2) is 17.7 Å². The summed E-state index contributed by atoms with van der Waals surface area (Å²) in [6.45, 7) is -0.401. The van der Waals surface area contributed by atoms with E-state index in [1.807, 2.05) is 6.07 Å². The van der Waals surface area contributed by atoms with Gasteiger partial charge >= 0.3 is 6.03 Å². The second-order valence-corrected chi connectivity index (χ2v) is 5.10. The summed E-state index contributed by atoms with van der Waals surface area (Å²) >= 11 is 5.61. The highest BCUT2D eigenvalue weighted by molar-refractivity contribution is 6.30. The standard InChI is InChI=1S/C16H13ClFN3O2/c17-13-6-3-11(7-14(13)18)15(9-22)21-16(23)20-12-4-1-10(8-19)2-5-12/h1-7,15,22H,9H2,(H2,20,21,23). The monoisotopic (exact) mass is 333 g/mol. The molecule has 0 heterocycles. The Kier molecular flexibility index (Phi) is 5.52. The average molecular weight is 334 g/mol. The normalized spacial score (nSPS) is 11.4. The van der Waals surface area contributed by atoms with Crippen molar-refractivity contribution in [2.24, 2.45) is 0 Å². The predicted molar refractivity (Wildman–Crippen MR) is 84.5 cm³/mol. The van der Waals surface area contributed by atoms with Gasteiger partial charge in [-0.2, -0.15) is 5.26 Å². The number of nitriles is 1. The number of aliphatic hydroxyl groups is 1. The number of rotatable bonds is 4. The Morgan fingerprint density at radius 1 is 1.30 bits per heavy atom. The van der Waals surface area contributed by atoms with E-state index in [1.54, 1.807) is 24.3 Å². The molecule has 0 saturated carbocycles. The number of aliphatic hydroxyl groups excluding tert-OH is 1. The van der Waals surface area contributed by atoms with E-state index in [2.05, 4.69) is 10.6 Å². The minimum Gasteiger partial charge on any atom is -0.394 e. The van der Waals surface area contributed by atoms with Crippen molar-refractivity contribution in [2.75, 3.05) is 11.9 Å². The highest BCUT2D eigenvalue weighted by atomic mass is 35.5. The van der Waals surface area contributed by atoms with Gasteiger partial charge in [-0.1, -0.05) is 17.7 Å². The number of anilines is 1. The summed E-state index contributed by atoms with van der Waals surface area (Å²) in [5, 5.41) is 23.2. The van der Waals surface area contributed by atoms with Crippen molar-refractivity contribution in [3.05, 3.63) is 64.4 Å². The molecule has 0 aromatic heterocycles. The summed E-state index contributed by atoms with van der Waals surface area (Å²) in [5.41, 5.74) is 1.35. The molecule has 0 aliphatic heterocycles. The Hall–Kier alpha value is -2.62. The van der Waals surface area contributed by atoms with Crippen LogP contribution in [0.1, 0.15) is 17.2 Å². The fourth-order valence-corrected chi connectivity index (χ4v) is 2.03. The van der Waals surface area contributed by atoms with Crippen LogP contribution in [0.3, 0.4) is 0 Å². The van der Waals surface area contributed by atoms with Crippen LogP contribution in [0.5, 0.6) is 0 Å². The molecule has 23 heavy (non-hydrogen) atoms. The van der Waals surface area contributed by atoms with Crippen LogP contribution >= 0.6 is 11.6 Å². The molecular weight excluding hydrogens is 321 g/mol. The maximum atomic E-state index is 13.5. The zero-order valence-corrected chi connectivity index (χ0v) is 12.6. The first-order valence-corrected chi connectivity index (χ1v) is 7.04. The van der Waals surface area contributed by atoms with Crippen LogP contribution in [0.4, 0.5) is 14.9 Å². The zero-order valence-electron chi connectivity index (χ0n) is 11.9. The molecule has 2 aromatic rings. The number of carbonyl (C=O) groups excluding carboxylic acids is 1. The average Bonchev–Trinajstić information content (AvgIpc) is 2.56. The molecule has 0 radical (unpaired) electrons. The SMILES string of the molecule is N#Cc1ccc(NC(=O)NC(CO)c2ccc(Cl)c(F)c2)cc1. The van der Waals surface area contributed by atoms with E-state index in [1.165, 1.54) is 12.1 Å². The lowest BCUT2D eigenvalue weighted by atomic mass is 10.1. The highest BCUT2D eigenvalue weighted by Crippen LogP contribution is 2.20. The predicted octanol–water partition coefficient (Wildman–Crippen LogP) is 3.21. The first-order chi connectivity index (χ1) is 11.0. The first kappa shape index (κ1) is 16.7. The summed E-state index contributed by atoms with van der Waals surface area (Å²) in [4.78, 5) is 11.9.